The lowest BCUT2D eigenvalue weighted by Gasteiger charge is -1.94. The SMILES string of the molecule is CC1CC1NS(=O)(=O)O. The summed E-state index contributed by atoms with van der Waals surface area (Å²) < 4.78 is 30.4. The molecule has 0 heterocycles. The first kappa shape index (κ1) is 6.98. The molecule has 0 aliphatic heterocycles. The van der Waals surface area contributed by atoms with Gasteiger partial charge in [-0.3, -0.25) is 4.55 Å². The van der Waals surface area contributed by atoms with Gasteiger partial charge in [0.05, 0.1) is 0 Å². The second-order valence-electron chi connectivity index (χ2n) is 2.41. The second-order valence-corrected chi connectivity index (χ2v) is 3.60. The summed E-state index contributed by atoms with van der Waals surface area (Å²) in [5, 5.41) is 0. The maximum Gasteiger partial charge on any atom is 0.333 e. The van der Waals surface area contributed by atoms with Crippen LogP contribution in [0.3, 0.4) is 0 Å². The maximum atomic E-state index is 10.1. The Morgan fingerprint density at radius 3 is 2.22 bits per heavy atom. The van der Waals surface area contributed by atoms with E-state index in [4.69, 9.17) is 4.55 Å². The molecule has 1 rings (SSSR count). The van der Waals surface area contributed by atoms with Crippen LogP contribution in [0.2, 0.25) is 0 Å². The molecule has 1 aliphatic carbocycles. The van der Waals surface area contributed by atoms with Gasteiger partial charge in [0.2, 0.25) is 0 Å². The topological polar surface area (TPSA) is 66.4 Å². The molecule has 0 aromatic rings. The lowest BCUT2D eigenvalue weighted by molar-refractivity contribution is 0.465. The average molecular weight is 151 g/mol. The molecule has 2 unspecified atom stereocenters. The minimum absolute atomic E-state index is 0.0278. The Balaban J connectivity index is 2.37. The highest BCUT2D eigenvalue weighted by molar-refractivity contribution is 7.83. The van der Waals surface area contributed by atoms with Crippen LogP contribution in [-0.2, 0) is 10.3 Å². The lowest BCUT2D eigenvalue weighted by atomic mass is 10.5. The van der Waals surface area contributed by atoms with Crippen LogP contribution >= 0.6 is 0 Å². The van der Waals surface area contributed by atoms with E-state index in [2.05, 4.69) is 4.72 Å². The first-order valence-corrected chi connectivity index (χ1v) is 4.18. The third kappa shape index (κ3) is 2.30. The zero-order valence-electron chi connectivity index (χ0n) is 5.03. The van der Waals surface area contributed by atoms with Gasteiger partial charge in [-0.2, -0.15) is 13.1 Å². The summed E-state index contributed by atoms with van der Waals surface area (Å²) in [5.41, 5.74) is 0. The Morgan fingerprint density at radius 1 is 1.67 bits per heavy atom. The van der Waals surface area contributed by atoms with Crippen LogP contribution in [0, 0.1) is 5.92 Å². The number of nitrogens with one attached hydrogen (secondary N) is 1. The molecule has 0 saturated heterocycles. The average Bonchev–Trinajstić information content (AvgIpc) is 2.13. The van der Waals surface area contributed by atoms with Crippen LogP contribution in [0.4, 0.5) is 0 Å². The van der Waals surface area contributed by atoms with Gasteiger partial charge in [0.15, 0.2) is 0 Å². The molecule has 9 heavy (non-hydrogen) atoms. The van der Waals surface area contributed by atoms with Crippen molar-refractivity contribution in [3.05, 3.63) is 0 Å². The molecule has 5 heteroatoms. The van der Waals surface area contributed by atoms with Gasteiger partial charge >= 0.3 is 10.3 Å². The molecule has 54 valence electrons. The van der Waals surface area contributed by atoms with E-state index in [9.17, 15) is 8.42 Å². The molecule has 0 amide bonds. The summed E-state index contributed by atoms with van der Waals surface area (Å²) in [6.07, 6.45) is 0.833. The Labute approximate surface area is 54.1 Å². The van der Waals surface area contributed by atoms with E-state index >= 15 is 0 Å². The maximum absolute atomic E-state index is 10.1. The van der Waals surface area contributed by atoms with Gasteiger partial charge in [0.25, 0.3) is 0 Å². The standard InChI is InChI=1S/C4H9NO3S/c1-3-2-4(3)5-9(6,7)8/h3-5H,2H2,1H3,(H,6,7,8). The highest BCUT2D eigenvalue weighted by Crippen LogP contribution is 2.29. The van der Waals surface area contributed by atoms with E-state index in [1.54, 1.807) is 0 Å². The molecule has 2 N–H and O–H groups in total. The summed E-state index contributed by atoms with van der Waals surface area (Å²) in [5.74, 6) is 0.381. The summed E-state index contributed by atoms with van der Waals surface area (Å²) >= 11 is 0. The molecule has 0 spiro atoms. The second kappa shape index (κ2) is 1.93. The van der Waals surface area contributed by atoms with Gasteiger partial charge in [-0.25, -0.2) is 0 Å². The number of rotatable bonds is 2. The molecular formula is C4H9NO3S. The molecule has 1 saturated carbocycles. The van der Waals surface area contributed by atoms with Crippen molar-refractivity contribution in [2.24, 2.45) is 5.92 Å². The zero-order chi connectivity index (χ0) is 7.07. The fourth-order valence-corrected chi connectivity index (χ4v) is 1.39. The van der Waals surface area contributed by atoms with Crippen molar-refractivity contribution in [2.45, 2.75) is 19.4 Å². The van der Waals surface area contributed by atoms with Crippen molar-refractivity contribution in [1.29, 1.82) is 0 Å². The quantitative estimate of drug-likeness (QED) is 0.536. The van der Waals surface area contributed by atoms with Gasteiger partial charge < -0.3 is 0 Å². The van der Waals surface area contributed by atoms with Gasteiger partial charge in [0.1, 0.15) is 0 Å². The van der Waals surface area contributed by atoms with E-state index in [1.165, 1.54) is 0 Å². The van der Waals surface area contributed by atoms with Crippen LogP contribution in [-0.4, -0.2) is 19.0 Å². The van der Waals surface area contributed by atoms with Crippen LogP contribution < -0.4 is 4.72 Å². The van der Waals surface area contributed by atoms with Crippen molar-refractivity contribution in [2.75, 3.05) is 0 Å². The summed E-state index contributed by atoms with van der Waals surface area (Å²) in [7, 11) is -3.94. The highest BCUT2D eigenvalue weighted by Gasteiger charge is 2.35. The first-order valence-electron chi connectivity index (χ1n) is 2.74. The van der Waals surface area contributed by atoms with Gasteiger partial charge in [0, 0.05) is 6.04 Å². The monoisotopic (exact) mass is 151 g/mol. The van der Waals surface area contributed by atoms with Crippen LogP contribution in [0.1, 0.15) is 13.3 Å². The molecule has 0 aromatic carbocycles. The molecule has 2 atom stereocenters. The van der Waals surface area contributed by atoms with Crippen LogP contribution in [0.15, 0.2) is 0 Å². The van der Waals surface area contributed by atoms with E-state index in [1.807, 2.05) is 6.92 Å². The molecule has 0 bridgehead atoms. The Kier molecular flexibility index (Phi) is 1.50. The fraction of sp³-hybridized carbons (Fsp3) is 1.00. The Bertz CT molecular complexity index is 198. The van der Waals surface area contributed by atoms with Crippen LogP contribution in [0.25, 0.3) is 0 Å². The minimum atomic E-state index is -3.94. The van der Waals surface area contributed by atoms with Gasteiger partial charge in [-0.1, -0.05) is 6.92 Å². The van der Waals surface area contributed by atoms with Crippen LogP contribution in [0.5, 0.6) is 0 Å². The van der Waals surface area contributed by atoms with E-state index < -0.39 is 10.3 Å². The number of hydrogen-bond acceptors (Lipinski definition) is 2. The summed E-state index contributed by atoms with van der Waals surface area (Å²) in [6.45, 7) is 1.92. The lowest BCUT2D eigenvalue weighted by Crippen LogP contribution is -2.25. The zero-order valence-corrected chi connectivity index (χ0v) is 5.85. The fourth-order valence-electron chi connectivity index (χ4n) is 0.678. The first-order chi connectivity index (χ1) is 3.99. The highest BCUT2D eigenvalue weighted by atomic mass is 32.2. The largest absolute Gasteiger partial charge is 0.333 e. The smallest absolute Gasteiger partial charge is 0.273 e. The van der Waals surface area contributed by atoms with Crippen molar-refractivity contribution in [3.63, 3.8) is 0 Å². The Morgan fingerprint density at radius 2 is 2.11 bits per heavy atom. The van der Waals surface area contributed by atoms with E-state index in [-0.39, 0.29) is 6.04 Å². The predicted octanol–water partition coefficient (Wildman–Crippen LogP) is -0.213. The van der Waals surface area contributed by atoms with Gasteiger partial charge in [-0.05, 0) is 12.3 Å². The summed E-state index contributed by atoms with van der Waals surface area (Å²) in [4.78, 5) is 0. The molecule has 0 aromatic heterocycles. The summed E-state index contributed by atoms with van der Waals surface area (Å²) in [6, 6.07) is -0.0278. The van der Waals surface area contributed by atoms with Crippen molar-refractivity contribution < 1.29 is 13.0 Å². The minimum Gasteiger partial charge on any atom is -0.273 e. The van der Waals surface area contributed by atoms with Crippen molar-refractivity contribution in [3.8, 4) is 0 Å². The molecular weight excluding hydrogens is 142 g/mol. The Hall–Kier alpha value is -0.130. The molecule has 1 aliphatic rings. The normalized spacial score (nSPS) is 34.4. The van der Waals surface area contributed by atoms with Gasteiger partial charge in [-0.15, -0.1) is 0 Å². The number of hydrogen-bond donors (Lipinski definition) is 2. The molecule has 0 radical (unpaired) electrons. The van der Waals surface area contributed by atoms with E-state index in [0.717, 1.165) is 6.42 Å². The predicted molar refractivity (Wildman–Crippen MR) is 32.3 cm³/mol. The molecule has 1 fully saturated rings. The van der Waals surface area contributed by atoms with Crippen molar-refractivity contribution in [1.82, 2.24) is 4.72 Å². The third-order valence-corrected chi connectivity index (χ3v) is 2.01. The third-order valence-electron chi connectivity index (χ3n) is 1.41. The van der Waals surface area contributed by atoms with Crippen molar-refractivity contribution >= 4 is 10.3 Å². The van der Waals surface area contributed by atoms with E-state index in [0.29, 0.717) is 5.92 Å². The molecule has 4 nitrogen and oxygen atoms in total.